The lowest BCUT2D eigenvalue weighted by molar-refractivity contribution is -0.137. The van der Waals surface area contributed by atoms with Crippen LogP contribution in [0.1, 0.15) is 19.4 Å². The summed E-state index contributed by atoms with van der Waals surface area (Å²) in [5.74, 6) is -1.03. The van der Waals surface area contributed by atoms with Crippen LogP contribution in [0.15, 0.2) is 24.3 Å². The first-order valence-electron chi connectivity index (χ1n) is 5.38. The van der Waals surface area contributed by atoms with Crippen LogP contribution in [0.5, 0.6) is 0 Å². The van der Waals surface area contributed by atoms with E-state index >= 15 is 0 Å². The average molecular weight is 261 g/mol. The van der Waals surface area contributed by atoms with Gasteiger partial charge in [-0.15, -0.1) is 0 Å². The zero-order valence-electron chi connectivity index (χ0n) is 9.95. The molecule has 1 rings (SSSR count). The number of benzene rings is 1. The number of rotatable bonds is 3. The highest BCUT2D eigenvalue weighted by Crippen LogP contribution is 2.30. The number of aliphatic hydroxyl groups excluding tert-OH is 1. The highest BCUT2D eigenvalue weighted by molar-refractivity contribution is 5.94. The van der Waals surface area contributed by atoms with Crippen molar-refractivity contribution >= 4 is 11.6 Å². The summed E-state index contributed by atoms with van der Waals surface area (Å²) in [6.45, 7) is 3.27. The van der Waals surface area contributed by atoms with E-state index in [2.05, 4.69) is 5.32 Å². The van der Waals surface area contributed by atoms with Gasteiger partial charge in [-0.1, -0.05) is 19.9 Å². The van der Waals surface area contributed by atoms with Crippen LogP contribution in [0.3, 0.4) is 0 Å². The van der Waals surface area contributed by atoms with E-state index in [1.807, 2.05) is 0 Å². The highest BCUT2D eigenvalue weighted by atomic mass is 19.4. The van der Waals surface area contributed by atoms with Crippen molar-refractivity contribution < 1.29 is 23.1 Å². The fourth-order valence-corrected chi connectivity index (χ4v) is 1.29. The van der Waals surface area contributed by atoms with Crippen LogP contribution >= 0.6 is 0 Å². The third-order valence-corrected chi connectivity index (χ3v) is 2.36. The van der Waals surface area contributed by atoms with Crippen molar-refractivity contribution in [2.75, 3.05) is 5.32 Å². The molecule has 0 aromatic heterocycles. The molecule has 0 aliphatic carbocycles. The minimum absolute atomic E-state index is 0.00882. The van der Waals surface area contributed by atoms with Gasteiger partial charge < -0.3 is 10.4 Å². The molecule has 0 aliphatic heterocycles. The van der Waals surface area contributed by atoms with Gasteiger partial charge in [-0.25, -0.2) is 0 Å². The second kappa shape index (κ2) is 5.39. The Bertz CT molecular complexity index is 430. The molecule has 1 aromatic rings. The van der Waals surface area contributed by atoms with Crippen molar-refractivity contribution in [3.8, 4) is 0 Å². The molecule has 0 saturated carbocycles. The van der Waals surface area contributed by atoms with E-state index < -0.39 is 23.8 Å². The van der Waals surface area contributed by atoms with Gasteiger partial charge in [-0.3, -0.25) is 4.79 Å². The topological polar surface area (TPSA) is 49.3 Å². The number of hydrogen-bond acceptors (Lipinski definition) is 2. The summed E-state index contributed by atoms with van der Waals surface area (Å²) in [7, 11) is 0. The Morgan fingerprint density at radius 3 is 2.44 bits per heavy atom. The first kappa shape index (κ1) is 14.5. The van der Waals surface area contributed by atoms with Gasteiger partial charge >= 0.3 is 6.18 Å². The number of alkyl halides is 3. The molecule has 1 unspecified atom stereocenters. The SMILES string of the molecule is CC(C)C(O)C(=O)Nc1cccc(C(F)(F)F)c1. The van der Waals surface area contributed by atoms with Crippen molar-refractivity contribution in [1.29, 1.82) is 0 Å². The predicted octanol–water partition coefficient (Wildman–Crippen LogP) is 2.66. The summed E-state index contributed by atoms with van der Waals surface area (Å²) in [5.41, 5.74) is -0.839. The van der Waals surface area contributed by atoms with E-state index in [0.717, 1.165) is 12.1 Å². The van der Waals surface area contributed by atoms with Crippen LogP contribution in [-0.4, -0.2) is 17.1 Å². The summed E-state index contributed by atoms with van der Waals surface area (Å²) in [6.07, 6.45) is -5.71. The van der Waals surface area contributed by atoms with E-state index in [1.54, 1.807) is 13.8 Å². The second-order valence-electron chi connectivity index (χ2n) is 4.26. The molecule has 0 heterocycles. The normalized spacial score (nSPS) is 13.5. The molecular weight excluding hydrogens is 247 g/mol. The van der Waals surface area contributed by atoms with Crippen LogP contribution in [-0.2, 0) is 11.0 Å². The molecule has 100 valence electrons. The number of halogens is 3. The lowest BCUT2D eigenvalue weighted by Gasteiger charge is -2.15. The number of amides is 1. The van der Waals surface area contributed by atoms with Crippen molar-refractivity contribution in [3.63, 3.8) is 0 Å². The number of hydrogen-bond donors (Lipinski definition) is 2. The molecule has 0 bridgehead atoms. The van der Waals surface area contributed by atoms with E-state index in [1.165, 1.54) is 12.1 Å². The maximum Gasteiger partial charge on any atom is 0.416 e. The Labute approximate surface area is 103 Å². The molecule has 0 fully saturated rings. The Kier molecular flexibility index (Phi) is 4.34. The van der Waals surface area contributed by atoms with E-state index in [4.69, 9.17) is 0 Å². The summed E-state index contributed by atoms with van der Waals surface area (Å²) in [4.78, 5) is 11.5. The number of aliphatic hydroxyl groups is 1. The van der Waals surface area contributed by atoms with Crippen molar-refractivity contribution in [2.45, 2.75) is 26.1 Å². The van der Waals surface area contributed by atoms with Crippen LogP contribution in [0.25, 0.3) is 0 Å². The lowest BCUT2D eigenvalue weighted by Crippen LogP contribution is -2.31. The Hall–Kier alpha value is -1.56. The largest absolute Gasteiger partial charge is 0.416 e. The molecule has 3 nitrogen and oxygen atoms in total. The van der Waals surface area contributed by atoms with Crippen molar-refractivity contribution in [3.05, 3.63) is 29.8 Å². The molecule has 1 atom stereocenters. The number of nitrogens with one attached hydrogen (secondary N) is 1. The number of carbonyl (C=O) groups is 1. The predicted molar refractivity (Wildman–Crippen MR) is 60.9 cm³/mol. The van der Waals surface area contributed by atoms with Gasteiger partial charge in [0.25, 0.3) is 5.91 Å². The van der Waals surface area contributed by atoms with Gasteiger partial charge in [-0.05, 0) is 24.1 Å². The van der Waals surface area contributed by atoms with E-state index in [9.17, 15) is 23.1 Å². The molecule has 2 N–H and O–H groups in total. The standard InChI is InChI=1S/C12H14F3NO2/c1-7(2)10(17)11(18)16-9-5-3-4-8(6-9)12(13,14)15/h3-7,10,17H,1-2H3,(H,16,18). The van der Waals surface area contributed by atoms with Gasteiger partial charge in [0.05, 0.1) is 5.56 Å². The molecule has 0 aliphatic rings. The molecule has 1 amide bonds. The second-order valence-corrected chi connectivity index (χ2v) is 4.26. The molecule has 0 radical (unpaired) electrons. The molecule has 18 heavy (non-hydrogen) atoms. The average Bonchev–Trinajstić information content (AvgIpc) is 2.27. The van der Waals surface area contributed by atoms with E-state index in [0.29, 0.717) is 0 Å². The first-order valence-corrected chi connectivity index (χ1v) is 5.38. The summed E-state index contributed by atoms with van der Waals surface area (Å²) < 4.78 is 37.3. The van der Waals surface area contributed by atoms with Crippen molar-refractivity contribution in [2.24, 2.45) is 5.92 Å². The minimum atomic E-state index is -4.46. The zero-order valence-corrected chi connectivity index (χ0v) is 9.95. The third-order valence-electron chi connectivity index (χ3n) is 2.36. The Morgan fingerprint density at radius 1 is 1.33 bits per heavy atom. The van der Waals surface area contributed by atoms with Gasteiger partial charge in [0, 0.05) is 5.69 Å². The summed E-state index contributed by atoms with van der Waals surface area (Å²) in [5, 5.41) is 11.7. The van der Waals surface area contributed by atoms with Gasteiger partial charge in [0.15, 0.2) is 0 Å². The van der Waals surface area contributed by atoms with Gasteiger partial charge in [0.1, 0.15) is 6.10 Å². The fourth-order valence-electron chi connectivity index (χ4n) is 1.29. The summed E-state index contributed by atoms with van der Waals surface area (Å²) in [6, 6.07) is 4.26. The smallest absolute Gasteiger partial charge is 0.383 e. The molecule has 0 spiro atoms. The lowest BCUT2D eigenvalue weighted by atomic mass is 10.1. The molecule has 1 aromatic carbocycles. The zero-order chi connectivity index (χ0) is 13.9. The Morgan fingerprint density at radius 2 is 1.94 bits per heavy atom. The summed E-state index contributed by atoms with van der Waals surface area (Å²) >= 11 is 0. The minimum Gasteiger partial charge on any atom is -0.383 e. The monoisotopic (exact) mass is 261 g/mol. The number of anilines is 1. The van der Waals surface area contributed by atoms with Crippen molar-refractivity contribution in [1.82, 2.24) is 0 Å². The number of carbonyl (C=O) groups excluding carboxylic acids is 1. The van der Waals surface area contributed by atoms with Crippen LogP contribution in [0.4, 0.5) is 18.9 Å². The van der Waals surface area contributed by atoms with E-state index in [-0.39, 0.29) is 11.6 Å². The quantitative estimate of drug-likeness (QED) is 0.878. The molecule has 6 heteroatoms. The van der Waals surface area contributed by atoms with Gasteiger partial charge in [-0.2, -0.15) is 13.2 Å². The Balaban J connectivity index is 2.83. The highest BCUT2D eigenvalue weighted by Gasteiger charge is 2.30. The van der Waals surface area contributed by atoms with Crippen LogP contribution in [0, 0.1) is 5.92 Å². The molecular formula is C12H14F3NO2. The van der Waals surface area contributed by atoms with Crippen LogP contribution in [0.2, 0.25) is 0 Å². The first-order chi connectivity index (χ1) is 8.21. The van der Waals surface area contributed by atoms with Crippen LogP contribution < -0.4 is 5.32 Å². The third kappa shape index (κ3) is 3.73. The van der Waals surface area contributed by atoms with Gasteiger partial charge in [0.2, 0.25) is 0 Å². The maximum atomic E-state index is 12.4. The molecule has 0 saturated heterocycles. The maximum absolute atomic E-state index is 12.4. The fraction of sp³-hybridized carbons (Fsp3) is 0.417.